The van der Waals surface area contributed by atoms with Crippen LogP contribution in [0.1, 0.15) is 12.5 Å². The molecule has 1 aromatic heterocycles. The van der Waals surface area contributed by atoms with Gasteiger partial charge in [-0.05, 0) is 31.2 Å². The van der Waals surface area contributed by atoms with Crippen molar-refractivity contribution in [3.63, 3.8) is 0 Å². The Labute approximate surface area is 94.1 Å². The number of anilines is 2. The highest BCUT2D eigenvalue weighted by atomic mass is 15.3. The number of benzene rings is 1. The van der Waals surface area contributed by atoms with Gasteiger partial charge >= 0.3 is 0 Å². The summed E-state index contributed by atoms with van der Waals surface area (Å²) in [6, 6.07) is 9.41. The Morgan fingerprint density at radius 3 is 2.62 bits per heavy atom. The fourth-order valence-corrected chi connectivity index (χ4v) is 1.40. The van der Waals surface area contributed by atoms with Gasteiger partial charge in [-0.15, -0.1) is 0 Å². The number of hydrogen-bond acceptors (Lipinski definition) is 3. The molecule has 4 heteroatoms. The second-order valence-electron chi connectivity index (χ2n) is 3.40. The van der Waals surface area contributed by atoms with Gasteiger partial charge in [0.25, 0.3) is 0 Å². The van der Waals surface area contributed by atoms with Crippen LogP contribution >= 0.6 is 0 Å². The van der Waals surface area contributed by atoms with Gasteiger partial charge in [0, 0.05) is 18.4 Å². The molecule has 0 atom stereocenters. The first-order valence-electron chi connectivity index (χ1n) is 5.11. The second-order valence-corrected chi connectivity index (χ2v) is 3.40. The van der Waals surface area contributed by atoms with Crippen LogP contribution in [-0.4, -0.2) is 9.78 Å². The lowest BCUT2D eigenvalue weighted by molar-refractivity contribution is 0.660. The fraction of sp³-hybridized carbons (Fsp3) is 0.167. The van der Waals surface area contributed by atoms with E-state index in [1.165, 1.54) is 0 Å². The summed E-state index contributed by atoms with van der Waals surface area (Å²) < 4.78 is 1.85. The molecular weight excluding hydrogens is 200 g/mol. The van der Waals surface area contributed by atoms with Gasteiger partial charge in [-0.2, -0.15) is 10.4 Å². The van der Waals surface area contributed by atoms with Crippen molar-refractivity contribution >= 4 is 11.4 Å². The molecule has 1 N–H and O–H groups in total. The molecule has 0 saturated heterocycles. The molecule has 0 amide bonds. The van der Waals surface area contributed by atoms with Crippen molar-refractivity contribution in [3.8, 4) is 6.07 Å². The molecule has 4 nitrogen and oxygen atoms in total. The quantitative estimate of drug-likeness (QED) is 0.850. The van der Waals surface area contributed by atoms with Crippen molar-refractivity contribution in [1.29, 1.82) is 5.26 Å². The molecule has 0 radical (unpaired) electrons. The number of aryl methyl sites for hydroxylation is 1. The van der Waals surface area contributed by atoms with Gasteiger partial charge in [0.15, 0.2) is 0 Å². The largest absolute Gasteiger partial charge is 0.353 e. The lowest BCUT2D eigenvalue weighted by atomic mass is 10.2. The minimum absolute atomic E-state index is 0.662. The Bertz CT molecular complexity index is 505. The molecule has 0 aliphatic rings. The topological polar surface area (TPSA) is 53.6 Å². The van der Waals surface area contributed by atoms with E-state index >= 15 is 0 Å². The predicted octanol–water partition coefficient (Wildman–Crippen LogP) is 2.52. The zero-order valence-corrected chi connectivity index (χ0v) is 9.01. The zero-order valence-electron chi connectivity index (χ0n) is 9.01. The number of nitriles is 1. The molecule has 1 aromatic carbocycles. The Morgan fingerprint density at radius 2 is 2.06 bits per heavy atom. The van der Waals surface area contributed by atoms with Gasteiger partial charge in [-0.3, -0.25) is 4.68 Å². The summed E-state index contributed by atoms with van der Waals surface area (Å²) in [4.78, 5) is 0. The normalized spacial score (nSPS) is 9.75. The van der Waals surface area contributed by atoms with Gasteiger partial charge in [-0.25, -0.2) is 0 Å². The van der Waals surface area contributed by atoms with Crippen LogP contribution in [-0.2, 0) is 6.54 Å². The van der Waals surface area contributed by atoms with Crippen LogP contribution < -0.4 is 5.32 Å². The summed E-state index contributed by atoms with van der Waals surface area (Å²) >= 11 is 0. The Balaban J connectivity index is 2.11. The monoisotopic (exact) mass is 212 g/mol. The van der Waals surface area contributed by atoms with Crippen LogP contribution in [0.3, 0.4) is 0 Å². The first-order valence-corrected chi connectivity index (χ1v) is 5.11. The summed E-state index contributed by atoms with van der Waals surface area (Å²) in [6.45, 7) is 2.90. The molecule has 80 valence electrons. The summed E-state index contributed by atoms with van der Waals surface area (Å²) in [6.07, 6.45) is 3.72. The Hall–Kier alpha value is -2.28. The lowest BCUT2D eigenvalue weighted by Crippen LogP contribution is -1.92. The van der Waals surface area contributed by atoms with Crippen LogP contribution in [0.15, 0.2) is 36.7 Å². The minimum Gasteiger partial charge on any atom is -0.353 e. The van der Waals surface area contributed by atoms with E-state index in [2.05, 4.69) is 16.5 Å². The van der Waals surface area contributed by atoms with Gasteiger partial charge in [0.1, 0.15) is 0 Å². The molecule has 0 aliphatic heterocycles. The van der Waals surface area contributed by atoms with Crippen molar-refractivity contribution in [1.82, 2.24) is 9.78 Å². The third kappa shape index (κ3) is 2.20. The van der Waals surface area contributed by atoms with E-state index < -0.39 is 0 Å². The maximum absolute atomic E-state index is 8.67. The zero-order chi connectivity index (χ0) is 11.4. The van der Waals surface area contributed by atoms with Crippen LogP contribution in [0, 0.1) is 11.3 Å². The average molecular weight is 212 g/mol. The molecule has 0 fully saturated rings. The van der Waals surface area contributed by atoms with Crippen molar-refractivity contribution < 1.29 is 0 Å². The molecule has 0 saturated carbocycles. The molecule has 0 bridgehead atoms. The highest BCUT2D eigenvalue weighted by Gasteiger charge is 1.98. The van der Waals surface area contributed by atoms with E-state index in [4.69, 9.17) is 5.26 Å². The van der Waals surface area contributed by atoms with E-state index in [1.807, 2.05) is 29.9 Å². The van der Waals surface area contributed by atoms with Crippen LogP contribution in [0.4, 0.5) is 11.4 Å². The Kier molecular flexibility index (Phi) is 2.88. The van der Waals surface area contributed by atoms with Crippen molar-refractivity contribution in [2.24, 2.45) is 0 Å². The van der Waals surface area contributed by atoms with Crippen molar-refractivity contribution in [2.45, 2.75) is 13.5 Å². The van der Waals surface area contributed by atoms with Gasteiger partial charge < -0.3 is 5.32 Å². The summed E-state index contributed by atoms with van der Waals surface area (Å²) in [5, 5.41) is 16.1. The maximum atomic E-state index is 8.67. The minimum atomic E-state index is 0.662. The first kappa shape index (κ1) is 10.2. The summed E-state index contributed by atoms with van der Waals surface area (Å²) in [5.74, 6) is 0. The van der Waals surface area contributed by atoms with Gasteiger partial charge in [0.2, 0.25) is 0 Å². The molecule has 0 unspecified atom stereocenters. The highest BCUT2D eigenvalue weighted by Crippen LogP contribution is 2.15. The van der Waals surface area contributed by atoms with Crippen molar-refractivity contribution in [2.75, 3.05) is 5.32 Å². The summed E-state index contributed by atoms with van der Waals surface area (Å²) in [5.41, 5.74) is 2.57. The number of rotatable bonds is 3. The van der Waals surface area contributed by atoms with E-state index in [-0.39, 0.29) is 0 Å². The van der Waals surface area contributed by atoms with E-state index in [1.54, 1.807) is 18.3 Å². The van der Waals surface area contributed by atoms with E-state index in [9.17, 15) is 0 Å². The second kappa shape index (κ2) is 4.49. The number of nitrogens with one attached hydrogen (secondary N) is 1. The number of hydrogen-bond donors (Lipinski definition) is 1. The number of aromatic nitrogens is 2. The van der Waals surface area contributed by atoms with Crippen LogP contribution in [0.2, 0.25) is 0 Å². The third-order valence-electron chi connectivity index (χ3n) is 2.26. The highest BCUT2D eigenvalue weighted by molar-refractivity contribution is 5.58. The smallest absolute Gasteiger partial charge is 0.0991 e. The van der Waals surface area contributed by atoms with E-state index in [0.29, 0.717) is 5.56 Å². The SMILES string of the molecule is CCn1cc(Nc2ccc(C#N)cc2)cn1. The molecule has 16 heavy (non-hydrogen) atoms. The van der Waals surface area contributed by atoms with Crippen LogP contribution in [0.5, 0.6) is 0 Å². The third-order valence-corrected chi connectivity index (χ3v) is 2.26. The number of nitrogens with zero attached hydrogens (tertiary/aromatic N) is 3. The summed E-state index contributed by atoms with van der Waals surface area (Å²) in [7, 11) is 0. The van der Waals surface area contributed by atoms with Crippen LogP contribution in [0.25, 0.3) is 0 Å². The fourth-order valence-electron chi connectivity index (χ4n) is 1.40. The molecule has 0 aliphatic carbocycles. The molecule has 2 aromatic rings. The maximum Gasteiger partial charge on any atom is 0.0991 e. The van der Waals surface area contributed by atoms with Gasteiger partial charge in [0.05, 0.1) is 23.5 Å². The van der Waals surface area contributed by atoms with Crippen molar-refractivity contribution in [3.05, 3.63) is 42.2 Å². The molecule has 2 rings (SSSR count). The average Bonchev–Trinajstić information content (AvgIpc) is 2.78. The predicted molar refractivity (Wildman–Crippen MR) is 62.3 cm³/mol. The molecule has 0 spiro atoms. The Morgan fingerprint density at radius 1 is 1.31 bits per heavy atom. The van der Waals surface area contributed by atoms with E-state index in [0.717, 1.165) is 17.9 Å². The molecular formula is C12H12N4. The molecule has 1 heterocycles. The lowest BCUT2D eigenvalue weighted by Gasteiger charge is -2.02. The van der Waals surface area contributed by atoms with Gasteiger partial charge in [-0.1, -0.05) is 0 Å². The standard InChI is InChI=1S/C12H12N4/c1-2-16-9-12(8-14-16)15-11-5-3-10(7-13)4-6-11/h3-6,8-9,15H,2H2,1H3. The first-order chi connectivity index (χ1) is 7.81.